The van der Waals surface area contributed by atoms with Crippen LogP contribution in [0.4, 0.5) is 0 Å². The summed E-state index contributed by atoms with van der Waals surface area (Å²) in [6.45, 7) is 12.9. The molecule has 1 spiro atoms. The molecule has 9 atom stereocenters. The van der Waals surface area contributed by atoms with E-state index in [2.05, 4.69) is 6.58 Å². The molecule has 2 bridgehead atoms. The lowest BCUT2D eigenvalue weighted by molar-refractivity contribution is -0.263. The molecule has 0 aromatic carbocycles. The number of carbonyl (C=O) groups excluding carboxylic acids is 5. The van der Waals surface area contributed by atoms with Gasteiger partial charge in [-0.1, -0.05) is 27.4 Å². The molecule has 4 rings (SSSR count). The molecule has 4 unspecified atom stereocenters. The van der Waals surface area contributed by atoms with Gasteiger partial charge in [0.05, 0.1) is 11.5 Å². The van der Waals surface area contributed by atoms with Gasteiger partial charge < -0.3 is 19.3 Å². The smallest absolute Gasteiger partial charge is 0.303 e. The summed E-state index contributed by atoms with van der Waals surface area (Å²) >= 11 is 0. The highest BCUT2D eigenvalue weighted by Crippen LogP contribution is 2.71. The molecule has 35 heavy (non-hydrogen) atoms. The third kappa shape index (κ3) is 3.33. The quantitative estimate of drug-likeness (QED) is 0.358. The zero-order valence-corrected chi connectivity index (χ0v) is 21.1. The van der Waals surface area contributed by atoms with Crippen molar-refractivity contribution >= 4 is 29.5 Å². The lowest BCUT2D eigenvalue weighted by Crippen LogP contribution is -2.75. The lowest BCUT2D eigenvalue weighted by Gasteiger charge is -2.66. The fourth-order valence-corrected chi connectivity index (χ4v) is 8.13. The summed E-state index contributed by atoms with van der Waals surface area (Å²) in [5.41, 5.74) is -3.41. The van der Waals surface area contributed by atoms with E-state index in [1.807, 2.05) is 0 Å². The number of ketones is 2. The summed E-state index contributed by atoms with van der Waals surface area (Å²) in [7, 11) is 0. The highest BCUT2D eigenvalue weighted by atomic mass is 16.6. The maximum Gasteiger partial charge on any atom is 0.303 e. The Bertz CT molecular complexity index is 1030. The van der Waals surface area contributed by atoms with Gasteiger partial charge in [0.25, 0.3) is 0 Å². The van der Waals surface area contributed by atoms with Gasteiger partial charge in [-0.15, -0.1) is 0 Å². The molecule has 0 aliphatic heterocycles. The summed E-state index contributed by atoms with van der Waals surface area (Å²) < 4.78 is 17.1. The predicted molar refractivity (Wildman–Crippen MR) is 120 cm³/mol. The van der Waals surface area contributed by atoms with Crippen LogP contribution >= 0.6 is 0 Å². The van der Waals surface area contributed by atoms with E-state index in [4.69, 9.17) is 14.2 Å². The topological polar surface area (TPSA) is 133 Å². The van der Waals surface area contributed by atoms with Gasteiger partial charge in [-0.2, -0.15) is 0 Å². The van der Waals surface area contributed by atoms with Crippen LogP contribution in [0.25, 0.3) is 0 Å². The first-order valence-corrected chi connectivity index (χ1v) is 12.1. The molecule has 4 aliphatic rings. The monoisotopic (exact) mass is 490 g/mol. The normalized spacial score (nSPS) is 43.6. The number of allylic oxidation sites excluding steroid dienone is 1. The van der Waals surface area contributed by atoms with E-state index in [9.17, 15) is 29.1 Å². The van der Waals surface area contributed by atoms with Crippen molar-refractivity contribution in [1.29, 1.82) is 0 Å². The molecule has 1 N–H and O–H groups in total. The second-order valence-corrected chi connectivity index (χ2v) is 11.5. The van der Waals surface area contributed by atoms with Gasteiger partial charge in [-0.05, 0) is 24.3 Å². The summed E-state index contributed by atoms with van der Waals surface area (Å²) in [5.74, 6) is -4.86. The molecule has 4 aliphatic carbocycles. The molecular formula is C26H34O9. The van der Waals surface area contributed by atoms with E-state index in [1.54, 1.807) is 20.8 Å². The minimum atomic E-state index is -1.51. The Morgan fingerprint density at radius 1 is 0.943 bits per heavy atom. The first kappa shape index (κ1) is 25.5. The molecule has 0 saturated heterocycles. The molecule has 0 radical (unpaired) electrons. The number of fused-ring (bicyclic) bond motifs is 3. The van der Waals surface area contributed by atoms with Gasteiger partial charge in [0.15, 0.2) is 17.7 Å². The standard InChI is InChI=1S/C26H34O9/c1-11-15-8-16(33-12(2)27)20-25(7)18(34-13(3)28)9-17(30)24(5,6)21(25)19(31)23(35-14(4)29)26(20,10-15)22(11)32/h15-18,20-21,23,30H,1,8-10H2,2-7H3/t15?,16-,17-,18?,20-,21+,23-,25?,26?/m0/s1. The van der Waals surface area contributed by atoms with Crippen molar-refractivity contribution in [2.24, 2.45) is 34.0 Å². The Balaban J connectivity index is 2.04. The minimum Gasteiger partial charge on any atom is -0.462 e. The average molecular weight is 491 g/mol. The van der Waals surface area contributed by atoms with Crippen molar-refractivity contribution in [3.8, 4) is 0 Å². The van der Waals surface area contributed by atoms with E-state index >= 15 is 0 Å². The van der Waals surface area contributed by atoms with Crippen LogP contribution in [0.15, 0.2) is 12.2 Å². The van der Waals surface area contributed by atoms with E-state index in [1.165, 1.54) is 20.8 Å². The Morgan fingerprint density at radius 2 is 1.51 bits per heavy atom. The number of Topliss-reactive ketones (excluding diaryl/α,β-unsaturated/α-hetero) is 2. The van der Waals surface area contributed by atoms with Crippen molar-refractivity contribution in [3.63, 3.8) is 0 Å². The molecule has 0 aromatic heterocycles. The number of aliphatic hydroxyl groups excluding tert-OH is 1. The third-order valence-electron chi connectivity index (χ3n) is 9.18. The van der Waals surface area contributed by atoms with Crippen LogP contribution in [0.2, 0.25) is 0 Å². The maximum absolute atomic E-state index is 14.3. The molecule has 0 aromatic rings. The number of aliphatic hydroxyl groups is 1. The van der Waals surface area contributed by atoms with Gasteiger partial charge in [-0.3, -0.25) is 24.0 Å². The minimum absolute atomic E-state index is 0.0447. The number of carbonyl (C=O) groups is 5. The van der Waals surface area contributed by atoms with Crippen molar-refractivity contribution in [2.75, 3.05) is 0 Å². The maximum atomic E-state index is 14.3. The Morgan fingerprint density at radius 3 is 2.06 bits per heavy atom. The van der Waals surface area contributed by atoms with Crippen LogP contribution in [-0.4, -0.2) is 59.0 Å². The molecule has 0 heterocycles. The first-order valence-electron chi connectivity index (χ1n) is 12.1. The number of esters is 3. The van der Waals surface area contributed by atoms with Gasteiger partial charge in [-0.25, -0.2) is 0 Å². The SMILES string of the molecule is C=C1C(=O)C23CC1C[C@H](OC(C)=O)[C@H]2C1(C)C(OC(C)=O)C[C@H](O)C(C)(C)[C@H]1C(=O)[C@@H]3OC(C)=O. The van der Waals surface area contributed by atoms with Crippen LogP contribution in [0.1, 0.15) is 60.8 Å². The fraction of sp³-hybridized carbons (Fsp3) is 0.731. The van der Waals surface area contributed by atoms with E-state index in [0.717, 1.165) is 0 Å². The van der Waals surface area contributed by atoms with Crippen LogP contribution < -0.4 is 0 Å². The molecular weight excluding hydrogens is 456 g/mol. The van der Waals surface area contributed by atoms with Gasteiger partial charge >= 0.3 is 17.9 Å². The zero-order chi connectivity index (χ0) is 26.2. The first-order chi connectivity index (χ1) is 16.1. The van der Waals surface area contributed by atoms with Crippen molar-refractivity contribution in [2.45, 2.75) is 85.2 Å². The summed E-state index contributed by atoms with van der Waals surface area (Å²) in [6.07, 6.45) is -3.62. The van der Waals surface area contributed by atoms with Crippen LogP contribution in [0.5, 0.6) is 0 Å². The van der Waals surface area contributed by atoms with Gasteiger partial charge in [0, 0.05) is 49.9 Å². The van der Waals surface area contributed by atoms with E-state index in [-0.39, 0.29) is 24.5 Å². The lowest BCUT2D eigenvalue weighted by atomic mass is 9.38. The van der Waals surface area contributed by atoms with E-state index in [0.29, 0.717) is 12.0 Å². The highest BCUT2D eigenvalue weighted by molar-refractivity contribution is 6.08. The molecule has 4 fully saturated rings. The van der Waals surface area contributed by atoms with Gasteiger partial charge in [0.1, 0.15) is 12.2 Å². The van der Waals surface area contributed by atoms with E-state index < -0.39 is 76.2 Å². The average Bonchev–Trinajstić information content (AvgIpc) is 2.90. The van der Waals surface area contributed by atoms with Crippen LogP contribution in [0, 0.1) is 34.0 Å². The summed E-state index contributed by atoms with van der Waals surface area (Å²) in [5, 5.41) is 11.1. The number of ether oxygens (including phenoxy) is 3. The molecule has 9 nitrogen and oxygen atoms in total. The van der Waals surface area contributed by atoms with Crippen molar-refractivity contribution < 1.29 is 43.3 Å². The second kappa shape index (κ2) is 7.98. The molecule has 192 valence electrons. The predicted octanol–water partition coefficient (Wildman–Crippen LogP) is 1.93. The fourth-order valence-electron chi connectivity index (χ4n) is 8.13. The second-order valence-electron chi connectivity index (χ2n) is 11.5. The third-order valence-corrected chi connectivity index (χ3v) is 9.18. The number of hydrogen-bond donors (Lipinski definition) is 1. The largest absolute Gasteiger partial charge is 0.462 e. The zero-order valence-electron chi connectivity index (χ0n) is 21.1. The summed E-state index contributed by atoms with van der Waals surface area (Å²) in [6, 6.07) is 0. The summed E-state index contributed by atoms with van der Waals surface area (Å²) in [4.78, 5) is 64.8. The van der Waals surface area contributed by atoms with Crippen molar-refractivity contribution in [1.82, 2.24) is 0 Å². The number of hydrogen-bond acceptors (Lipinski definition) is 9. The van der Waals surface area contributed by atoms with Crippen LogP contribution in [-0.2, 0) is 38.2 Å². The Labute approximate surface area is 204 Å². The molecule has 9 heteroatoms. The Hall–Kier alpha value is -2.55. The Kier molecular flexibility index (Phi) is 5.82. The number of rotatable bonds is 3. The molecule has 4 saturated carbocycles. The van der Waals surface area contributed by atoms with Crippen molar-refractivity contribution in [3.05, 3.63) is 12.2 Å². The molecule has 0 amide bonds. The van der Waals surface area contributed by atoms with Crippen LogP contribution in [0.3, 0.4) is 0 Å². The highest BCUT2D eigenvalue weighted by Gasteiger charge is 2.79. The van der Waals surface area contributed by atoms with Gasteiger partial charge in [0.2, 0.25) is 0 Å².